The number of benzene rings is 1. The van der Waals surface area contributed by atoms with Crippen molar-refractivity contribution in [2.75, 3.05) is 32.6 Å². The molecule has 1 amide bonds. The molecule has 0 spiro atoms. The Morgan fingerprint density at radius 2 is 1.95 bits per heavy atom. The third kappa shape index (κ3) is 4.71. The van der Waals surface area contributed by atoms with Crippen molar-refractivity contribution in [3.63, 3.8) is 0 Å². The Morgan fingerprint density at radius 1 is 1.30 bits per heavy atom. The predicted octanol–water partition coefficient (Wildman–Crippen LogP) is 1.41. The summed E-state index contributed by atoms with van der Waals surface area (Å²) in [6.45, 7) is 5.03. The lowest BCUT2D eigenvalue weighted by Crippen LogP contribution is -2.35. The fourth-order valence-corrected chi connectivity index (χ4v) is 1.67. The van der Waals surface area contributed by atoms with Gasteiger partial charge in [0.15, 0.2) is 6.29 Å². The predicted molar refractivity (Wildman–Crippen MR) is 76.8 cm³/mol. The molecular weight excluding hydrogens is 260 g/mol. The first kappa shape index (κ1) is 16.3. The van der Waals surface area contributed by atoms with E-state index in [4.69, 9.17) is 19.9 Å². The molecule has 0 aromatic heterocycles. The van der Waals surface area contributed by atoms with Crippen molar-refractivity contribution in [3.8, 4) is 5.75 Å². The van der Waals surface area contributed by atoms with Crippen LogP contribution in [0.1, 0.15) is 24.2 Å². The summed E-state index contributed by atoms with van der Waals surface area (Å²) in [5.74, 6) is 0.293. The average molecular weight is 282 g/mol. The van der Waals surface area contributed by atoms with E-state index in [9.17, 15) is 4.79 Å². The van der Waals surface area contributed by atoms with Crippen LogP contribution in [0.15, 0.2) is 18.2 Å². The third-order valence-corrected chi connectivity index (χ3v) is 2.64. The maximum atomic E-state index is 12.1. The molecular formula is C14H22N2O4. The van der Waals surface area contributed by atoms with E-state index < -0.39 is 6.29 Å². The fraction of sp³-hybridized carbons (Fsp3) is 0.500. The summed E-state index contributed by atoms with van der Waals surface area (Å²) in [5.41, 5.74) is 6.56. The van der Waals surface area contributed by atoms with E-state index in [1.54, 1.807) is 18.2 Å². The van der Waals surface area contributed by atoms with E-state index in [1.165, 1.54) is 7.11 Å². The molecule has 112 valence electrons. The zero-order chi connectivity index (χ0) is 15.0. The molecule has 0 saturated carbocycles. The number of carbonyl (C=O) groups excluding carboxylic acids is 1. The van der Waals surface area contributed by atoms with Crippen LogP contribution < -0.4 is 15.8 Å². The highest BCUT2D eigenvalue weighted by atomic mass is 16.7. The highest BCUT2D eigenvalue weighted by molar-refractivity contribution is 5.99. The van der Waals surface area contributed by atoms with Crippen molar-refractivity contribution >= 4 is 11.6 Å². The molecule has 0 radical (unpaired) electrons. The van der Waals surface area contributed by atoms with Crippen molar-refractivity contribution in [2.24, 2.45) is 0 Å². The lowest BCUT2D eigenvalue weighted by molar-refractivity contribution is -0.131. The van der Waals surface area contributed by atoms with Crippen molar-refractivity contribution in [2.45, 2.75) is 20.1 Å². The molecule has 6 nitrogen and oxygen atoms in total. The maximum absolute atomic E-state index is 12.1. The van der Waals surface area contributed by atoms with E-state index in [1.807, 2.05) is 13.8 Å². The van der Waals surface area contributed by atoms with E-state index in [2.05, 4.69) is 5.32 Å². The van der Waals surface area contributed by atoms with Crippen LogP contribution in [0.5, 0.6) is 5.75 Å². The first-order valence-electron chi connectivity index (χ1n) is 6.57. The molecule has 0 aliphatic heterocycles. The van der Waals surface area contributed by atoms with Crippen molar-refractivity contribution < 1.29 is 19.0 Å². The Kier molecular flexibility index (Phi) is 6.83. The van der Waals surface area contributed by atoms with Crippen LogP contribution in [0.3, 0.4) is 0 Å². The van der Waals surface area contributed by atoms with Gasteiger partial charge in [0.05, 0.1) is 19.2 Å². The van der Waals surface area contributed by atoms with Crippen molar-refractivity contribution in [3.05, 3.63) is 23.8 Å². The Bertz CT molecular complexity index is 431. The molecule has 0 atom stereocenters. The zero-order valence-corrected chi connectivity index (χ0v) is 12.1. The number of ether oxygens (including phenoxy) is 3. The number of hydrogen-bond donors (Lipinski definition) is 2. The van der Waals surface area contributed by atoms with E-state index in [0.29, 0.717) is 30.2 Å². The van der Waals surface area contributed by atoms with Crippen LogP contribution in [-0.4, -0.2) is 39.1 Å². The second-order valence-electron chi connectivity index (χ2n) is 4.00. The molecule has 1 rings (SSSR count). The monoisotopic (exact) mass is 282 g/mol. The standard InChI is InChI=1S/C14H22N2O4/c1-4-19-13(20-5-2)9-16-14(17)11-8-10(18-3)6-7-12(11)15/h6-8,13H,4-5,9,15H2,1-3H3,(H,16,17). The molecule has 0 aliphatic carbocycles. The Morgan fingerprint density at radius 3 is 2.50 bits per heavy atom. The number of amides is 1. The second kappa shape index (κ2) is 8.39. The zero-order valence-electron chi connectivity index (χ0n) is 12.1. The van der Waals surface area contributed by atoms with Crippen molar-refractivity contribution in [1.82, 2.24) is 5.32 Å². The number of rotatable bonds is 8. The molecule has 0 aliphatic rings. The summed E-state index contributed by atoms with van der Waals surface area (Å²) < 4.78 is 15.8. The minimum Gasteiger partial charge on any atom is -0.497 e. The lowest BCUT2D eigenvalue weighted by atomic mass is 10.1. The van der Waals surface area contributed by atoms with Gasteiger partial charge >= 0.3 is 0 Å². The summed E-state index contributed by atoms with van der Waals surface area (Å²) in [7, 11) is 1.54. The van der Waals surface area contributed by atoms with Gasteiger partial charge in [-0.25, -0.2) is 0 Å². The van der Waals surface area contributed by atoms with Gasteiger partial charge < -0.3 is 25.3 Å². The van der Waals surface area contributed by atoms with Crippen LogP contribution in [0.25, 0.3) is 0 Å². The third-order valence-electron chi connectivity index (χ3n) is 2.64. The van der Waals surface area contributed by atoms with Crippen LogP contribution in [0, 0.1) is 0 Å². The molecule has 0 fully saturated rings. The van der Waals surface area contributed by atoms with E-state index >= 15 is 0 Å². The quantitative estimate of drug-likeness (QED) is 0.556. The van der Waals surface area contributed by atoms with Gasteiger partial charge in [-0.15, -0.1) is 0 Å². The molecule has 3 N–H and O–H groups in total. The second-order valence-corrected chi connectivity index (χ2v) is 4.00. The highest BCUT2D eigenvalue weighted by Gasteiger charge is 2.14. The minimum absolute atomic E-state index is 0.261. The summed E-state index contributed by atoms with van der Waals surface area (Å²) in [4.78, 5) is 12.1. The molecule has 20 heavy (non-hydrogen) atoms. The summed E-state index contributed by atoms with van der Waals surface area (Å²) >= 11 is 0. The number of nitrogens with two attached hydrogens (primary N) is 1. The van der Waals surface area contributed by atoms with Gasteiger partial charge in [-0.05, 0) is 32.0 Å². The normalized spacial score (nSPS) is 10.6. The van der Waals surface area contributed by atoms with Gasteiger partial charge in [0.2, 0.25) is 0 Å². The van der Waals surface area contributed by atoms with Crippen LogP contribution in [-0.2, 0) is 9.47 Å². The van der Waals surface area contributed by atoms with Gasteiger partial charge in [-0.1, -0.05) is 0 Å². The van der Waals surface area contributed by atoms with Gasteiger partial charge in [-0.3, -0.25) is 4.79 Å². The van der Waals surface area contributed by atoms with Gasteiger partial charge in [-0.2, -0.15) is 0 Å². The Labute approximate surface area is 119 Å². The number of anilines is 1. The van der Waals surface area contributed by atoms with E-state index in [-0.39, 0.29) is 12.5 Å². The smallest absolute Gasteiger partial charge is 0.253 e. The van der Waals surface area contributed by atoms with Crippen LogP contribution >= 0.6 is 0 Å². The summed E-state index contributed by atoms with van der Waals surface area (Å²) in [5, 5.41) is 2.74. The van der Waals surface area contributed by atoms with Crippen molar-refractivity contribution in [1.29, 1.82) is 0 Å². The molecule has 0 heterocycles. The molecule has 0 unspecified atom stereocenters. The average Bonchev–Trinajstić information content (AvgIpc) is 2.45. The van der Waals surface area contributed by atoms with E-state index in [0.717, 1.165) is 0 Å². The molecule has 1 aromatic rings. The maximum Gasteiger partial charge on any atom is 0.253 e. The Hall–Kier alpha value is -1.79. The first-order chi connectivity index (χ1) is 9.62. The minimum atomic E-state index is -0.458. The fourth-order valence-electron chi connectivity index (χ4n) is 1.67. The molecule has 6 heteroatoms. The highest BCUT2D eigenvalue weighted by Crippen LogP contribution is 2.19. The molecule has 0 saturated heterocycles. The van der Waals surface area contributed by atoms with Crippen LogP contribution in [0.2, 0.25) is 0 Å². The Balaban J connectivity index is 2.65. The summed E-state index contributed by atoms with van der Waals surface area (Å²) in [6.07, 6.45) is -0.458. The number of nitrogens with one attached hydrogen (secondary N) is 1. The largest absolute Gasteiger partial charge is 0.497 e. The summed E-state index contributed by atoms with van der Waals surface area (Å²) in [6, 6.07) is 4.94. The van der Waals surface area contributed by atoms with Gasteiger partial charge in [0.1, 0.15) is 5.75 Å². The molecule has 1 aromatic carbocycles. The molecule has 0 bridgehead atoms. The number of carbonyl (C=O) groups is 1. The number of hydrogen-bond acceptors (Lipinski definition) is 5. The number of nitrogen functional groups attached to an aromatic ring is 1. The lowest BCUT2D eigenvalue weighted by Gasteiger charge is -2.17. The SMILES string of the molecule is CCOC(CNC(=O)c1cc(OC)ccc1N)OCC. The number of methoxy groups -OCH3 is 1. The first-order valence-corrected chi connectivity index (χ1v) is 6.57. The van der Waals surface area contributed by atoms with Crippen LogP contribution in [0.4, 0.5) is 5.69 Å². The topological polar surface area (TPSA) is 82.8 Å². The van der Waals surface area contributed by atoms with Gasteiger partial charge in [0, 0.05) is 18.9 Å². The van der Waals surface area contributed by atoms with Gasteiger partial charge in [0.25, 0.3) is 5.91 Å².